The fraction of sp³-hybridized carbons (Fsp3) is 0.167. The molecule has 3 heteroatoms. The highest BCUT2D eigenvalue weighted by molar-refractivity contribution is 5.70. The maximum absolute atomic E-state index is 4.34. The van der Waals surface area contributed by atoms with Crippen LogP contribution in [0.3, 0.4) is 0 Å². The number of nitrogens with one attached hydrogen (secondary N) is 1. The van der Waals surface area contributed by atoms with Gasteiger partial charge in [-0.15, -0.1) is 0 Å². The van der Waals surface area contributed by atoms with E-state index in [9.17, 15) is 0 Å². The van der Waals surface area contributed by atoms with Gasteiger partial charge < -0.3 is 5.32 Å². The zero-order valence-electron chi connectivity index (χ0n) is 8.64. The molecule has 3 nitrogen and oxygen atoms in total. The number of anilines is 1. The van der Waals surface area contributed by atoms with Gasteiger partial charge in [0.15, 0.2) is 5.82 Å². The zero-order valence-corrected chi connectivity index (χ0v) is 8.64. The van der Waals surface area contributed by atoms with E-state index in [1.54, 1.807) is 12.4 Å². The average Bonchev–Trinajstić information content (AvgIpc) is 2.31. The van der Waals surface area contributed by atoms with Crippen LogP contribution >= 0.6 is 0 Å². The number of nitrogens with zero attached hydrogens (tertiary/aromatic N) is 2. The molecule has 0 spiro atoms. The second kappa shape index (κ2) is 4.55. The summed E-state index contributed by atoms with van der Waals surface area (Å²) in [6.45, 7) is 2.89. The van der Waals surface area contributed by atoms with E-state index in [2.05, 4.69) is 15.3 Å². The molecule has 0 saturated heterocycles. The van der Waals surface area contributed by atoms with E-state index in [1.165, 1.54) is 0 Å². The van der Waals surface area contributed by atoms with Gasteiger partial charge in [0.05, 0.1) is 0 Å². The first-order valence-electron chi connectivity index (χ1n) is 5.02. The van der Waals surface area contributed by atoms with Crippen LogP contribution in [-0.4, -0.2) is 16.5 Å². The van der Waals surface area contributed by atoms with Gasteiger partial charge in [0.25, 0.3) is 0 Å². The fourth-order valence-corrected chi connectivity index (χ4v) is 1.44. The quantitative estimate of drug-likeness (QED) is 0.825. The van der Waals surface area contributed by atoms with E-state index in [4.69, 9.17) is 0 Å². The number of benzene rings is 1. The fourth-order valence-electron chi connectivity index (χ4n) is 1.44. The van der Waals surface area contributed by atoms with Gasteiger partial charge in [0, 0.05) is 24.5 Å². The minimum absolute atomic E-state index is 0.839. The first-order chi connectivity index (χ1) is 7.42. The molecule has 2 rings (SSSR count). The first-order valence-corrected chi connectivity index (χ1v) is 5.02. The Kier molecular flexibility index (Phi) is 2.93. The van der Waals surface area contributed by atoms with Crippen molar-refractivity contribution in [1.29, 1.82) is 0 Å². The van der Waals surface area contributed by atoms with Gasteiger partial charge in [-0.05, 0) is 6.92 Å². The Morgan fingerprint density at radius 1 is 1.07 bits per heavy atom. The molecule has 1 aromatic heterocycles. The van der Waals surface area contributed by atoms with Crippen LogP contribution in [0.25, 0.3) is 11.3 Å². The second-order valence-corrected chi connectivity index (χ2v) is 3.15. The molecule has 0 radical (unpaired) electrons. The summed E-state index contributed by atoms with van der Waals surface area (Å²) in [4.78, 5) is 8.61. The smallest absolute Gasteiger partial charge is 0.152 e. The molecule has 0 bridgehead atoms. The minimum Gasteiger partial charge on any atom is -0.369 e. The van der Waals surface area contributed by atoms with E-state index < -0.39 is 0 Å². The third-order valence-corrected chi connectivity index (χ3v) is 2.09. The van der Waals surface area contributed by atoms with E-state index in [-0.39, 0.29) is 0 Å². The van der Waals surface area contributed by atoms with E-state index in [0.717, 1.165) is 23.6 Å². The Hall–Kier alpha value is -1.90. The Labute approximate surface area is 89.2 Å². The van der Waals surface area contributed by atoms with E-state index in [0.29, 0.717) is 0 Å². The predicted molar refractivity (Wildman–Crippen MR) is 61.6 cm³/mol. The highest BCUT2D eigenvalue weighted by Crippen LogP contribution is 2.22. The van der Waals surface area contributed by atoms with Crippen molar-refractivity contribution < 1.29 is 0 Å². The lowest BCUT2D eigenvalue weighted by atomic mass is 10.1. The molecule has 0 unspecified atom stereocenters. The largest absolute Gasteiger partial charge is 0.369 e. The molecule has 0 aliphatic heterocycles. The summed E-state index contributed by atoms with van der Waals surface area (Å²) in [6, 6.07) is 10.1. The van der Waals surface area contributed by atoms with Gasteiger partial charge in [0.1, 0.15) is 5.69 Å². The molecule has 0 fully saturated rings. The normalized spacial score (nSPS) is 9.93. The second-order valence-electron chi connectivity index (χ2n) is 3.15. The monoisotopic (exact) mass is 199 g/mol. The molecule has 1 aromatic carbocycles. The molecule has 0 saturated carbocycles. The zero-order chi connectivity index (χ0) is 10.5. The molecule has 76 valence electrons. The molecule has 0 aliphatic carbocycles. The lowest BCUT2D eigenvalue weighted by molar-refractivity contribution is 1.12. The van der Waals surface area contributed by atoms with Gasteiger partial charge in [-0.25, -0.2) is 4.98 Å². The standard InChI is InChI=1S/C12H13N3/c1-2-13-12-11(14-8-9-15-12)10-6-4-3-5-7-10/h3-9H,2H2,1H3,(H,13,15). The topological polar surface area (TPSA) is 37.8 Å². The Morgan fingerprint density at radius 2 is 1.80 bits per heavy atom. The van der Waals surface area contributed by atoms with Crippen LogP contribution in [0.5, 0.6) is 0 Å². The third kappa shape index (κ3) is 2.13. The Bertz CT molecular complexity index is 426. The minimum atomic E-state index is 0.839. The van der Waals surface area contributed by atoms with Crippen LogP contribution in [-0.2, 0) is 0 Å². The molecular weight excluding hydrogens is 186 g/mol. The average molecular weight is 199 g/mol. The predicted octanol–water partition coefficient (Wildman–Crippen LogP) is 2.58. The molecule has 0 amide bonds. The summed E-state index contributed by atoms with van der Waals surface area (Å²) in [7, 11) is 0. The van der Waals surface area contributed by atoms with Gasteiger partial charge in [-0.3, -0.25) is 4.98 Å². The number of aromatic nitrogens is 2. The van der Waals surface area contributed by atoms with Crippen molar-refractivity contribution in [1.82, 2.24) is 9.97 Å². The van der Waals surface area contributed by atoms with Crippen molar-refractivity contribution in [2.24, 2.45) is 0 Å². The van der Waals surface area contributed by atoms with Crippen molar-refractivity contribution in [2.75, 3.05) is 11.9 Å². The summed E-state index contributed by atoms with van der Waals surface area (Å²) >= 11 is 0. The summed E-state index contributed by atoms with van der Waals surface area (Å²) in [5.74, 6) is 0.839. The molecular formula is C12H13N3. The SMILES string of the molecule is CCNc1nccnc1-c1ccccc1. The van der Waals surface area contributed by atoms with Crippen LogP contribution in [0.15, 0.2) is 42.7 Å². The van der Waals surface area contributed by atoms with Crippen LogP contribution in [0, 0.1) is 0 Å². The molecule has 0 aliphatic rings. The maximum atomic E-state index is 4.34. The first kappa shape index (κ1) is 9.65. The molecule has 2 aromatic rings. The summed E-state index contributed by atoms with van der Waals surface area (Å²) in [5.41, 5.74) is 1.99. The molecule has 15 heavy (non-hydrogen) atoms. The number of hydrogen-bond donors (Lipinski definition) is 1. The maximum Gasteiger partial charge on any atom is 0.152 e. The lowest BCUT2D eigenvalue weighted by Crippen LogP contribution is -2.02. The van der Waals surface area contributed by atoms with Gasteiger partial charge in [-0.1, -0.05) is 30.3 Å². The highest BCUT2D eigenvalue weighted by atomic mass is 15.0. The van der Waals surface area contributed by atoms with E-state index >= 15 is 0 Å². The summed E-state index contributed by atoms with van der Waals surface area (Å²) in [5, 5.41) is 3.20. The summed E-state index contributed by atoms with van der Waals surface area (Å²) in [6.07, 6.45) is 3.41. The lowest BCUT2D eigenvalue weighted by Gasteiger charge is -2.07. The van der Waals surface area contributed by atoms with Crippen molar-refractivity contribution in [2.45, 2.75) is 6.92 Å². The van der Waals surface area contributed by atoms with Crippen molar-refractivity contribution in [3.05, 3.63) is 42.7 Å². The van der Waals surface area contributed by atoms with Crippen LogP contribution < -0.4 is 5.32 Å². The third-order valence-electron chi connectivity index (χ3n) is 2.09. The number of hydrogen-bond acceptors (Lipinski definition) is 3. The van der Waals surface area contributed by atoms with Crippen molar-refractivity contribution in [3.8, 4) is 11.3 Å². The van der Waals surface area contributed by atoms with E-state index in [1.807, 2.05) is 37.3 Å². The molecule has 1 heterocycles. The summed E-state index contributed by atoms with van der Waals surface area (Å²) < 4.78 is 0. The van der Waals surface area contributed by atoms with Crippen molar-refractivity contribution in [3.63, 3.8) is 0 Å². The Morgan fingerprint density at radius 3 is 2.53 bits per heavy atom. The van der Waals surface area contributed by atoms with Gasteiger partial charge in [-0.2, -0.15) is 0 Å². The highest BCUT2D eigenvalue weighted by Gasteiger charge is 2.05. The number of rotatable bonds is 3. The van der Waals surface area contributed by atoms with Gasteiger partial charge >= 0.3 is 0 Å². The van der Waals surface area contributed by atoms with Crippen LogP contribution in [0.1, 0.15) is 6.92 Å². The molecule has 1 N–H and O–H groups in total. The van der Waals surface area contributed by atoms with Crippen LogP contribution in [0.2, 0.25) is 0 Å². The molecule has 0 atom stereocenters. The van der Waals surface area contributed by atoms with Gasteiger partial charge in [0.2, 0.25) is 0 Å². The van der Waals surface area contributed by atoms with Crippen molar-refractivity contribution >= 4 is 5.82 Å². The Balaban J connectivity index is 2.43. The van der Waals surface area contributed by atoms with Crippen LogP contribution in [0.4, 0.5) is 5.82 Å².